The third-order valence-corrected chi connectivity index (χ3v) is 11.0. The van der Waals surface area contributed by atoms with E-state index in [2.05, 4.69) is 184 Å². The number of hydrogen-bond acceptors (Lipinski definition) is 5. The summed E-state index contributed by atoms with van der Waals surface area (Å²) in [6.07, 6.45) is 91.6. The number of esters is 2. The maximum atomic E-state index is 12.3. The Morgan fingerprint density at radius 1 is 0.329 bits per heavy atom. The van der Waals surface area contributed by atoms with E-state index in [4.69, 9.17) is 9.47 Å². The Morgan fingerprint density at radius 3 is 0.857 bits per heavy atom. The fraction of sp³-hybridized carbons (Fsp3) is 0.538. The van der Waals surface area contributed by atoms with E-state index in [9.17, 15) is 14.7 Å². The molecule has 0 bridgehead atoms. The summed E-state index contributed by atoms with van der Waals surface area (Å²) >= 11 is 0. The van der Waals surface area contributed by atoms with E-state index in [1.807, 2.05) is 0 Å². The minimum absolute atomic E-state index is 0.0925. The molecule has 0 aliphatic heterocycles. The zero-order valence-electron chi connectivity index (χ0n) is 44.5. The molecule has 0 saturated heterocycles. The van der Waals surface area contributed by atoms with Gasteiger partial charge in [-0.05, 0) is 128 Å². The topological polar surface area (TPSA) is 72.8 Å². The SMILES string of the molecule is CC/C=C\C/C=C\C/C=C\C/C=C\C/C=C\C/C=C\C/C=C\C/C=C\CCCCCCCCC(=O)OC(CO)COC(=O)CCCCCCCC/C=C\C/C=C\C/C=C\C/C=C\C/C=C\C/C=C\CC. The Balaban J connectivity index is 3.67. The number of hydrogen-bond donors (Lipinski definition) is 1. The van der Waals surface area contributed by atoms with Crippen molar-refractivity contribution in [3.05, 3.63) is 170 Å². The van der Waals surface area contributed by atoms with Gasteiger partial charge in [0.2, 0.25) is 0 Å². The van der Waals surface area contributed by atoms with Crippen LogP contribution in [0.15, 0.2) is 170 Å². The summed E-state index contributed by atoms with van der Waals surface area (Å²) in [7, 11) is 0. The molecule has 0 radical (unpaired) electrons. The summed E-state index contributed by atoms with van der Waals surface area (Å²) in [4.78, 5) is 24.5. The summed E-state index contributed by atoms with van der Waals surface area (Å²) in [6.45, 7) is 3.87. The minimum Gasteiger partial charge on any atom is -0.462 e. The molecular formula is C65H100O5. The third kappa shape index (κ3) is 55.9. The van der Waals surface area contributed by atoms with Gasteiger partial charge in [0.05, 0.1) is 6.61 Å². The van der Waals surface area contributed by atoms with E-state index in [0.717, 1.165) is 148 Å². The molecular weight excluding hydrogens is 861 g/mol. The van der Waals surface area contributed by atoms with Crippen LogP contribution >= 0.6 is 0 Å². The summed E-state index contributed by atoms with van der Waals surface area (Å²) in [5.74, 6) is -0.639. The van der Waals surface area contributed by atoms with E-state index in [1.165, 1.54) is 32.1 Å². The molecule has 0 fully saturated rings. The number of aliphatic hydroxyl groups is 1. The van der Waals surface area contributed by atoms with Crippen LogP contribution in [0.1, 0.15) is 206 Å². The van der Waals surface area contributed by atoms with Gasteiger partial charge in [-0.25, -0.2) is 0 Å². The highest BCUT2D eigenvalue weighted by molar-refractivity contribution is 5.70. The molecule has 390 valence electrons. The third-order valence-electron chi connectivity index (χ3n) is 11.0. The number of unbranched alkanes of at least 4 members (excludes halogenated alkanes) is 12. The molecule has 0 aromatic carbocycles. The summed E-state index contributed by atoms with van der Waals surface area (Å²) in [5, 5.41) is 9.65. The Kier molecular flexibility index (Phi) is 54.6. The Labute approximate surface area is 430 Å². The van der Waals surface area contributed by atoms with Crippen molar-refractivity contribution in [3.63, 3.8) is 0 Å². The predicted molar refractivity (Wildman–Crippen MR) is 306 cm³/mol. The van der Waals surface area contributed by atoms with Crippen LogP contribution < -0.4 is 0 Å². The summed E-state index contributed by atoms with van der Waals surface area (Å²) in [6, 6.07) is 0. The average molecular weight is 962 g/mol. The Hall–Kier alpha value is -4.74. The van der Waals surface area contributed by atoms with Gasteiger partial charge in [-0.3, -0.25) is 9.59 Å². The number of allylic oxidation sites excluding steroid dienone is 28. The van der Waals surface area contributed by atoms with E-state index < -0.39 is 6.10 Å². The highest BCUT2D eigenvalue weighted by Crippen LogP contribution is 2.12. The van der Waals surface area contributed by atoms with E-state index in [-0.39, 0.29) is 25.2 Å². The van der Waals surface area contributed by atoms with Gasteiger partial charge in [0, 0.05) is 12.8 Å². The Bertz CT molecular complexity index is 1600. The first-order valence-electron chi connectivity index (χ1n) is 27.7. The number of ether oxygens (including phenoxy) is 2. The first-order valence-corrected chi connectivity index (χ1v) is 27.7. The summed E-state index contributed by atoms with van der Waals surface area (Å²) in [5.41, 5.74) is 0. The maximum absolute atomic E-state index is 12.3. The lowest BCUT2D eigenvalue weighted by atomic mass is 10.1. The van der Waals surface area contributed by atoms with Gasteiger partial charge >= 0.3 is 11.9 Å². The van der Waals surface area contributed by atoms with Crippen LogP contribution in [0.25, 0.3) is 0 Å². The van der Waals surface area contributed by atoms with Gasteiger partial charge in [0.15, 0.2) is 6.10 Å². The van der Waals surface area contributed by atoms with Crippen LogP contribution in [0.3, 0.4) is 0 Å². The van der Waals surface area contributed by atoms with Gasteiger partial charge in [-0.1, -0.05) is 235 Å². The van der Waals surface area contributed by atoms with E-state index in [0.29, 0.717) is 12.8 Å². The normalized spacial score (nSPS) is 13.6. The molecule has 70 heavy (non-hydrogen) atoms. The number of carbonyl (C=O) groups is 2. The molecule has 0 saturated carbocycles. The molecule has 1 N–H and O–H groups in total. The van der Waals surface area contributed by atoms with Crippen molar-refractivity contribution in [1.82, 2.24) is 0 Å². The highest BCUT2D eigenvalue weighted by Gasteiger charge is 2.16. The average Bonchev–Trinajstić information content (AvgIpc) is 3.36. The molecule has 0 aromatic heterocycles. The van der Waals surface area contributed by atoms with Crippen LogP contribution in [0.5, 0.6) is 0 Å². The molecule has 5 heteroatoms. The lowest BCUT2D eigenvalue weighted by molar-refractivity contribution is -0.161. The van der Waals surface area contributed by atoms with Crippen LogP contribution in [0.4, 0.5) is 0 Å². The first-order chi connectivity index (χ1) is 34.6. The zero-order valence-corrected chi connectivity index (χ0v) is 44.5. The van der Waals surface area contributed by atoms with Crippen LogP contribution in [0.2, 0.25) is 0 Å². The maximum Gasteiger partial charge on any atom is 0.306 e. The van der Waals surface area contributed by atoms with Gasteiger partial charge < -0.3 is 14.6 Å². The molecule has 0 aliphatic carbocycles. The zero-order chi connectivity index (χ0) is 50.6. The van der Waals surface area contributed by atoms with Crippen molar-refractivity contribution >= 4 is 11.9 Å². The second-order valence-electron chi connectivity index (χ2n) is 17.5. The number of rotatable bonds is 48. The standard InChI is InChI=1S/C65H100O5/c1-3-5-7-9-11-13-15-17-19-21-23-25-27-29-30-31-32-33-34-36-38-40-42-44-46-48-50-52-54-56-58-60-65(68)70-63(61-66)62-69-64(67)59-57-55-53-51-49-47-45-43-41-39-37-35-28-26-24-22-20-18-16-14-12-10-8-6-4-2/h5-8,11-14,17-20,23-26,29-30,32-33,35-38,41-44,63,66H,3-4,9-10,15-16,21-22,27-28,31,34,39-40,45-62H2,1-2H3/b7-5-,8-6-,13-11-,14-12-,19-17-,20-18-,25-23-,26-24-,30-29-,33-32-,37-35-,38-36-,43-41-,44-42-. The number of carbonyl (C=O) groups excluding carboxylic acids is 2. The predicted octanol–water partition coefficient (Wildman–Crippen LogP) is 19.0. The smallest absolute Gasteiger partial charge is 0.306 e. The van der Waals surface area contributed by atoms with Crippen molar-refractivity contribution in [2.45, 2.75) is 213 Å². The number of aliphatic hydroxyl groups excluding tert-OH is 1. The molecule has 0 heterocycles. The van der Waals surface area contributed by atoms with Crippen molar-refractivity contribution in [3.8, 4) is 0 Å². The van der Waals surface area contributed by atoms with Crippen LogP contribution in [0, 0.1) is 0 Å². The van der Waals surface area contributed by atoms with Gasteiger partial charge in [-0.2, -0.15) is 0 Å². The molecule has 1 unspecified atom stereocenters. The van der Waals surface area contributed by atoms with Crippen molar-refractivity contribution in [2.75, 3.05) is 13.2 Å². The van der Waals surface area contributed by atoms with Gasteiger partial charge in [-0.15, -0.1) is 0 Å². The Morgan fingerprint density at radius 2 is 0.571 bits per heavy atom. The monoisotopic (exact) mass is 961 g/mol. The fourth-order valence-corrected chi connectivity index (χ4v) is 6.93. The second-order valence-corrected chi connectivity index (χ2v) is 17.5. The molecule has 1 atom stereocenters. The van der Waals surface area contributed by atoms with Crippen molar-refractivity contribution < 1.29 is 24.2 Å². The molecule has 0 aliphatic rings. The van der Waals surface area contributed by atoms with E-state index >= 15 is 0 Å². The molecule has 0 spiro atoms. The largest absolute Gasteiger partial charge is 0.462 e. The second kappa shape index (κ2) is 58.6. The van der Waals surface area contributed by atoms with Crippen LogP contribution in [-0.4, -0.2) is 36.4 Å². The van der Waals surface area contributed by atoms with Crippen molar-refractivity contribution in [1.29, 1.82) is 0 Å². The first kappa shape index (κ1) is 65.3. The van der Waals surface area contributed by atoms with Gasteiger partial charge in [0.1, 0.15) is 6.61 Å². The fourth-order valence-electron chi connectivity index (χ4n) is 6.93. The lowest BCUT2D eigenvalue weighted by Gasteiger charge is -2.15. The molecule has 0 rings (SSSR count). The molecule has 5 nitrogen and oxygen atoms in total. The van der Waals surface area contributed by atoms with Crippen molar-refractivity contribution in [2.24, 2.45) is 0 Å². The highest BCUT2D eigenvalue weighted by atomic mass is 16.6. The van der Waals surface area contributed by atoms with Gasteiger partial charge in [0.25, 0.3) is 0 Å². The van der Waals surface area contributed by atoms with E-state index in [1.54, 1.807) is 0 Å². The van der Waals surface area contributed by atoms with Crippen LogP contribution in [-0.2, 0) is 19.1 Å². The molecule has 0 aromatic rings. The lowest BCUT2D eigenvalue weighted by Crippen LogP contribution is -2.28. The molecule has 0 amide bonds. The minimum atomic E-state index is -0.802. The summed E-state index contributed by atoms with van der Waals surface area (Å²) < 4.78 is 10.7. The quantitative estimate of drug-likeness (QED) is 0.0374.